The molecule has 0 bridgehead atoms. The SMILES string of the molecule is Cc1ccc(C(=O)NCSc2c[nH]c3ccccc23)cc1. The summed E-state index contributed by atoms with van der Waals surface area (Å²) >= 11 is 1.62. The fourth-order valence-electron chi connectivity index (χ4n) is 2.15. The van der Waals surface area contributed by atoms with Gasteiger partial charge >= 0.3 is 0 Å². The number of carbonyl (C=O) groups is 1. The molecule has 0 aliphatic rings. The maximum atomic E-state index is 12.0. The van der Waals surface area contributed by atoms with Crippen LogP contribution in [0, 0.1) is 6.92 Å². The highest BCUT2D eigenvalue weighted by Gasteiger charge is 2.06. The number of hydrogen-bond acceptors (Lipinski definition) is 2. The lowest BCUT2D eigenvalue weighted by Crippen LogP contribution is -2.22. The van der Waals surface area contributed by atoms with Crippen molar-refractivity contribution in [3.8, 4) is 0 Å². The molecular weight excluding hydrogens is 280 g/mol. The van der Waals surface area contributed by atoms with E-state index in [1.165, 1.54) is 5.39 Å². The zero-order valence-electron chi connectivity index (χ0n) is 11.7. The van der Waals surface area contributed by atoms with Gasteiger partial charge in [-0.15, -0.1) is 11.8 Å². The van der Waals surface area contributed by atoms with Gasteiger partial charge in [0.1, 0.15) is 0 Å². The Balaban J connectivity index is 1.61. The molecule has 3 rings (SSSR count). The standard InChI is InChI=1S/C17H16N2OS/c1-12-6-8-13(9-7-12)17(20)19-11-21-16-10-18-15-5-3-2-4-14(15)16/h2-10,18H,11H2,1H3,(H,19,20). The minimum atomic E-state index is -0.0395. The molecule has 0 aliphatic heterocycles. The third-order valence-electron chi connectivity index (χ3n) is 3.33. The molecule has 0 saturated heterocycles. The van der Waals surface area contributed by atoms with Crippen LogP contribution in [-0.2, 0) is 0 Å². The quantitative estimate of drug-likeness (QED) is 0.565. The van der Waals surface area contributed by atoms with E-state index in [1.54, 1.807) is 11.8 Å². The van der Waals surface area contributed by atoms with Crippen LogP contribution in [0.25, 0.3) is 10.9 Å². The van der Waals surface area contributed by atoms with E-state index in [2.05, 4.69) is 16.4 Å². The molecule has 0 radical (unpaired) electrons. The Morgan fingerprint density at radius 3 is 2.71 bits per heavy atom. The minimum absolute atomic E-state index is 0.0395. The maximum absolute atomic E-state index is 12.0. The number of benzene rings is 2. The molecular formula is C17H16N2OS. The molecule has 1 aromatic heterocycles. The van der Waals surface area contributed by atoms with Gasteiger partial charge < -0.3 is 10.3 Å². The number of fused-ring (bicyclic) bond motifs is 1. The van der Waals surface area contributed by atoms with Crippen molar-refractivity contribution in [2.75, 3.05) is 5.88 Å². The molecule has 0 unspecified atom stereocenters. The highest BCUT2D eigenvalue weighted by molar-refractivity contribution is 7.99. The van der Waals surface area contributed by atoms with Crippen LogP contribution in [0.3, 0.4) is 0 Å². The summed E-state index contributed by atoms with van der Waals surface area (Å²) in [6.07, 6.45) is 1.98. The number of aryl methyl sites for hydroxylation is 1. The Bertz CT molecular complexity index is 762. The summed E-state index contributed by atoms with van der Waals surface area (Å²) < 4.78 is 0. The molecule has 3 nitrogen and oxygen atoms in total. The first-order valence-corrected chi connectivity index (χ1v) is 7.76. The molecule has 2 aromatic carbocycles. The molecule has 0 aliphatic carbocycles. The second-order valence-electron chi connectivity index (χ2n) is 4.86. The number of aromatic amines is 1. The summed E-state index contributed by atoms with van der Waals surface area (Å²) in [6.45, 7) is 2.01. The van der Waals surface area contributed by atoms with Crippen LogP contribution in [0.1, 0.15) is 15.9 Å². The summed E-state index contributed by atoms with van der Waals surface area (Å²) in [4.78, 5) is 16.4. The van der Waals surface area contributed by atoms with E-state index in [4.69, 9.17) is 0 Å². The molecule has 0 fully saturated rings. The van der Waals surface area contributed by atoms with Crippen molar-refractivity contribution in [1.29, 1.82) is 0 Å². The molecule has 21 heavy (non-hydrogen) atoms. The summed E-state index contributed by atoms with van der Waals surface area (Å²) in [5, 5.41) is 4.12. The van der Waals surface area contributed by atoms with Crippen LogP contribution in [0.15, 0.2) is 59.6 Å². The maximum Gasteiger partial charge on any atom is 0.251 e. The Hall–Kier alpha value is -2.20. The second-order valence-corrected chi connectivity index (χ2v) is 5.88. The number of nitrogens with one attached hydrogen (secondary N) is 2. The Morgan fingerprint density at radius 1 is 1.14 bits per heavy atom. The summed E-state index contributed by atoms with van der Waals surface area (Å²) in [5.74, 6) is 0.511. The first-order valence-electron chi connectivity index (χ1n) is 6.78. The van der Waals surface area contributed by atoms with Gasteiger partial charge in [-0.05, 0) is 25.1 Å². The fourth-order valence-corrected chi connectivity index (χ4v) is 2.99. The lowest BCUT2D eigenvalue weighted by atomic mass is 10.1. The second kappa shape index (κ2) is 6.06. The first-order chi connectivity index (χ1) is 10.2. The average molecular weight is 296 g/mol. The number of aromatic nitrogens is 1. The van der Waals surface area contributed by atoms with E-state index >= 15 is 0 Å². The van der Waals surface area contributed by atoms with E-state index in [0.29, 0.717) is 11.4 Å². The molecule has 106 valence electrons. The highest BCUT2D eigenvalue weighted by atomic mass is 32.2. The highest BCUT2D eigenvalue weighted by Crippen LogP contribution is 2.26. The molecule has 1 amide bonds. The van der Waals surface area contributed by atoms with E-state index in [-0.39, 0.29) is 5.91 Å². The van der Waals surface area contributed by atoms with Gasteiger partial charge in [-0.3, -0.25) is 4.79 Å². The molecule has 0 saturated carbocycles. The third kappa shape index (κ3) is 3.11. The molecule has 0 atom stereocenters. The Labute approximate surface area is 127 Å². The fraction of sp³-hybridized carbons (Fsp3) is 0.118. The van der Waals surface area contributed by atoms with Gasteiger partial charge in [0, 0.05) is 27.6 Å². The van der Waals surface area contributed by atoms with Crippen molar-refractivity contribution in [1.82, 2.24) is 10.3 Å². The van der Waals surface area contributed by atoms with Gasteiger partial charge in [0.05, 0.1) is 5.88 Å². The van der Waals surface area contributed by atoms with Crippen molar-refractivity contribution < 1.29 is 4.79 Å². The van der Waals surface area contributed by atoms with Gasteiger partial charge in [0.25, 0.3) is 5.91 Å². The third-order valence-corrected chi connectivity index (χ3v) is 4.26. The van der Waals surface area contributed by atoms with Gasteiger partial charge in [0.2, 0.25) is 0 Å². The normalized spacial score (nSPS) is 10.7. The predicted octanol–water partition coefficient (Wildman–Crippen LogP) is 3.96. The van der Waals surface area contributed by atoms with Crippen molar-refractivity contribution >= 4 is 28.6 Å². The average Bonchev–Trinajstić information content (AvgIpc) is 2.91. The van der Waals surface area contributed by atoms with Crippen LogP contribution in [0.5, 0.6) is 0 Å². The smallest absolute Gasteiger partial charge is 0.251 e. The summed E-state index contributed by atoms with van der Waals surface area (Å²) in [5.41, 5.74) is 2.96. The number of para-hydroxylation sites is 1. The topological polar surface area (TPSA) is 44.9 Å². The lowest BCUT2D eigenvalue weighted by Gasteiger charge is -2.05. The van der Waals surface area contributed by atoms with Crippen molar-refractivity contribution in [3.05, 3.63) is 65.9 Å². The van der Waals surface area contributed by atoms with Gasteiger partial charge in [-0.2, -0.15) is 0 Å². The number of amides is 1. The number of rotatable bonds is 4. The van der Waals surface area contributed by atoms with E-state index in [1.807, 2.05) is 55.6 Å². The van der Waals surface area contributed by atoms with Gasteiger partial charge in [0.15, 0.2) is 0 Å². The largest absolute Gasteiger partial charge is 0.360 e. The van der Waals surface area contributed by atoms with Crippen molar-refractivity contribution in [2.24, 2.45) is 0 Å². The van der Waals surface area contributed by atoms with E-state index < -0.39 is 0 Å². The van der Waals surface area contributed by atoms with Crippen LogP contribution >= 0.6 is 11.8 Å². The van der Waals surface area contributed by atoms with Crippen LogP contribution in [0.4, 0.5) is 0 Å². The van der Waals surface area contributed by atoms with Crippen LogP contribution < -0.4 is 5.32 Å². The van der Waals surface area contributed by atoms with Crippen molar-refractivity contribution in [3.63, 3.8) is 0 Å². The number of thioether (sulfide) groups is 1. The van der Waals surface area contributed by atoms with Gasteiger partial charge in [-0.1, -0.05) is 35.9 Å². The number of hydrogen-bond donors (Lipinski definition) is 2. The Morgan fingerprint density at radius 2 is 1.90 bits per heavy atom. The monoisotopic (exact) mass is 296 g/mol. The predicted molar refractivity (Wildman–Crippen MR) is 87.7 cm³/mol. The van der Waals surface area contributed by atoms with Crippen LogP contribution in [-0.4, -0.2) is 16.8 Å². The van der Waals surface area contributed by atoms with E-state index in [0.717, 1.165) is 16.0 Å². The summed E-state index contributed by atoms with van der Waals surface area (Å²) in [6, 6.07) is 15.7. The van der Waals surface area contributed by atoms with Crippen LogP contribution in [0.2, 0.25) is 0 Å². The minimum Gasteiger partial charge on any atom is -0.360 e. The molecule has 3 aromatic rings. The lowest BCUT2D eigenvalue weighted by molar-refractivity contribution is 0.0961. The zero-order chi connectivity index (χ0) is 14.7. The zero-order valence-corrected chi connectivity index (χ0v) is 12.5. The summed E-state index contributed by atoms with van der Waals surface area (Å²) in [7, 11) is 0. The Kier molecular flexibility index (Phi) is 3.97. The van der Waals surface area contributed by atoms with Gasteiger partial charge in [-0.25, -0.2) is 0 Å². The molecule has 4 heteroatoms. The number of H-pyrrole nitrogens is 1. The molecule has 1 heterocycles. The molecule has 0 spiro atoms. The van der Waals surface area contributed by atoms with E-state index in [9.17, 15) is 4.79 Å². The first kappa shape index (κ1) is 13.8. The molecule has 2 N–H and O–H groups in total. The van der Waals surface area contributed by atoms with Crippen molar-refractivity contribution in [2.45, 2.75) is 11.8 Å². The number of carbonyl (C=O) groups excluding carboxylic acids is 1.